The largest absolute Gasteiger partial charge is 0.490 e. The molecule has 1 fully saturated rings. The Bertz CT molecular complexity index is 1790. The minimum Gasteiger partial charge on any atom is -0.490 e. The Morgan fingerprint density at radius 2 is 1.85 bits per heavy atom. The highest BCUT2D eigenvalue weighted by Gasteiger charge is 2.50. The lowest BCUT2D eigenvalue weighted by atomic mass is 9.63. The normalized spacial score (nSPS) is 32.3. The maximum atomic E-state index is 13.5. The van der Waals surface area contributed by atoms with Crippen molar-refractivity contribution in [2.75, 3.05) is 44.4 Å². The standard InChI is InChI=1S/C35H48ClN3O7S2/c1-23-7-5-16-35(41,22-47(42,43)38(3)4)30-12-9-27(30)19-39-20-34(15-6-8-25-17-28(36)11-13-29(25)34)21-46-32-14-10-26(18-31(32)39)33(40)37-48(44,45)24(23)2/h10-11,13-14,17-18,23-24,27,30,41H,5-9,12,15-16,19-22H2,1-4H3,(H,37,40)/t23-,24+,27-,30+,34-,35+/m0/s1. The van der Waals surface area contributed by atoms with Gasteiger partial charge in [0, 0.05) is 43.2 Å². The number of aryl methyl sites for hydroxylation is 1. The third-order valence-electron chi connectivity index (χ3n) is 11.6. The zero-order chi connectivity index (χ0) is 34.6. The van der Waals surface area contributed by atoms with E-state index in [1.807, 2.05) is 19.1 Å². The van der Waals surface area contributed by atoms with Gasteiger partial charge in [-0.2, -0.15) is 0 Å². The average molecular weight is 722 g/mol. The van der Waals surface area contributed by atoms with Crippen molar-refractivity contribution in [1.82, 2.24) is 9.03 Å². The molecule has 1 spiro atoms. The molecule has 6 rings (SSSR count). The van der Waals surface area contributed by atoms with E-state index in [1.54, 1.807) is 25.1 Å². The number of fused-ring (bicyclic) bond motifs is 4. The Hall–Kier alpha value is -2.38. The van der Waals surface area contributed by atoms with Gasteiger partial charge in [-0.15, -0.1) is 0 Å². The molecule has 6 atom stereocenters. The Morgan fingerprint density at radius 1 is 1.08 bits per heavy atom. The third-order valence-corrected chi connectivity index (χ3v) is 15.8. The van der Waals surface area contributed by atoms with Crippen LogP contribution in [0.4, 0.5) is 5.69 Å². The van der Waals surface area contributed by atoms with Crippen LogP contribution < -0.4 is 14.4 Å². The summed E-state index contributed by atoms with van der Waals surface area (Å²) in [5.74, 6) is -1.11. The van der Waals surface area contributed by atoms with Gasteiger partial charge in [0.2, 0.25) is 20.0 Å². The van der Waals surface area contributed by atoms with Crippen molar-refractivity contribution in [3.05, 3.63) is 58.1 Å². The topological polar surface area (TPSA) is 133 Å². The molecule has 2 N–H and O–H groups in total. The number of nitrogens with zero attached hydrogens (tertiary/aromatic N) is 2. The first-order valence-corrected chi connectivity index (χ1v) is 20.6. The van der Waals surface area contributed by atoms with E-state index in [0.29, 0.717) is 55.4 Å². The van der Waals surface area contributed by atoms with Gasteiger partial charge in [-0.3, -0.25) is 4.79 Å². The minimum absolute atomic E-state index is 0.00856. The number of hydrogen-bond acceptors (Lipinski definition) is 8. The quantitative estimate of drug-likeness (QED) is 0.465. The molecule has 2 aliphatic heterocycles. The SMILES string of the molecule is C[C@@H]1[C@@H](C)CCC[C@@](O)(CS(=O)(=O)N(C)C)[C@@H]2CC[C@H]2CN2C[C@@]3(CCCc4cc(Cl)ccc43)COc3ccc(cc32)C(=O)NS1(=O)=O. The maximum absolute atomic E-state index is 13.5. The second kappa shape index (κ2) is 13.1. The van der Waals surface area contributed by atoms with Gasteiger partial charge in [0.05, 0.1) is 28.9 Å². The van der Waals surface area contributed by atoms with Gasteiger partial charge in [0.25, 0.3) is 5.91 Å². The number of benzene rings is 2. The molecule has 13 heteroatoms. The number of rotatable bonds is 3. The van der Waals surface area contributed by atoms with Crippen LogP contribution in [-0.4, -0.2) is 82.6 Å². The molecule has 1 saturated carbocycles. The zero-order valence-electron chi connectivity index (χ0n) is 28.2. The van der Waals surface area contributed by atoms with Crippen LogP contribution in [0.15, 0.2) is 36.4 Å². The van der Waals surface area contributed by atoms with Crippen LogP contribution in [0.25, 0.3) is 0 Å². The second-order valence-electron chi connectivity index (χ2n) is 14.9. The second-order valence-corrected chi connectivity index (χ2v) is 19.6. The number of ether oxygens (including phenoxy) is 1. The number of amides is 1. The molecular weight excluding hydrogens is 674 g/mol. The molecule has 10 nitrogen and oxygen atoms in total. The highest BCUT2D eigenvalue weighted by Crippen LogP contribution is 2.49. The van der Waals surface area contributed by atoms with Crippen LogP contribution in [0.5, 0.6) is 5.75 Å². The number of halogens is 1. The van der Waals surface area contributed by atoms with E-state index >= 15 is 0 Å². The number of sulfonamides is 2. The molecule has 2 heterocycles. The zero-order valence-corrected chi connectivity index (χ0v) is 30.6. The molecule has 2 aromatic rings. The highest BCUT2D eigenvalue weighted by molar-refractivity contribution is 7.90. The summed E-state index contributed by atoms with van der Waals surface area (Å²) in [6.45, 7) is 4.90. The van der Waals surface area contributed by atoms with Crippen molar-refractivity contribution in [2.45, 2.75) is 81.5 Å². The molecule has 0 radical (unpaired) electrons. The van der Waals surface area contributed by atoms with Crippen molar-refractivity contribution in [2.24, 2.45) is 17.8 Å². The number of carbonyl (C=O) groups excluding carboxylic acids is 1. The van der Waals surface area contributed by atoms with Gasteiger partial charge in [-0.05, 0) is 111 Å². The van der Waals surface area contributed by atoms with E-state index in [-0.39, 0.29) is 35.2 Å². The van der Waals surface area contributed by atoms with E-state index in [4.69, 9.17) is 16.3 Å². The molecule has 0 aromatic heterocycles. The van der Waals surface area contributed by atoms with E-state index in [0.717, 1.165) is 30.0 Å². The number of carbonyl (C=O) groups is 1. The summed E-state index contributed by atoms with van der Waals surface area (Å²) in [5, 5.41) is 12.1. The van der Waals surface area contributed by atoms with Crippen molar-refractivity contribution in [3.8, 4) is 5.75 Å². The molecule has 0 saturated heterocycles. The van der Waals surface area contributed by atoms with Crippen LogP contribution >= 0.6 is 11.6 Å². The molecular formula is C35H48ClN3O7S2. The third kappa shape index (κ3) is 6.72. The van der Waals surface area contributed by atoms with Gasteiger partial charge in [-0.25, -0.2) is 25.9 Å². The van der Waals surface area contributed by atoms with E-state index < -0.39 is 42.6 Å². The minimum atomic E-state index is -4.03. The van der Waals surface area contributed by atoms with Crippen LogP contribution in [0.2, 0.25) is 5.02 Å². The van der Waals surface area contributed by atoms with E-state index in [2.05, 4.69) is 15.7 Å². The Balaban J connectivity index is 1.45. The molecule has 2 aliphatic carbocycles. The lowest BCUT2D eigenvalue weighted by Crippen LogP contribution is -2.56. The van der Waals surface area contributed by atoms with E-state index in [9.17, 15) is 26.7 Å². The summed E-state index contributed by atoms with van der Waals surface area (Å²) in [4.78, 5) is 15.7. The molecule has 264 valence electrons. The van der Waals surface area contributed by atoms with Crippen LogP contribution in [0.3, 0.4) is 0 Å². The molecule has 2 bridgehead atoms. The maximum Gasteiger partial charge on any atom is 0.264 e. The first-order chi connectivity index (χ1) is 22.5. The van der Waals surface area contributed by atoms with Gasteiger partial charge in [-0.1, -0.05) is 31.0 Å². The summed E-state index contributed by atoms with van der Waals surface area (Å²) in [6, 6.07) is 11.1. The predicted octanol–water partition coefficient (Wildman–Crippen LogP) is 4.73. The van der Waals surface area contributed by atoms with Crippen molar-refractivity contribution >= 4 is 43.2 Å². The average Bonchev–Trinajstić information content (AvgIpc) is 3.14. The van der Waals surface area contributed by atoms with Crippen molar-refractivity contribution in [1.29, 1.82) is 0 Å². The van der Waals surface area contributed by atoms with Crippen LogP contribution in [0, 0.1) is 17.8 Å². The molecule has 0 unspecified atom stereocenters. The summed E-state index contributed by atoms with van der Waals surface area (Å²) in [5.41, 5.74) is 1.40. The molecule has 48 heavy (non-hydrogen) atoms. The predicted molar refractivity (Wildman–Crippen MR) is 188 cm³/mol. The first-order valence-electron chi connectivity index (χ1n) is 17.0. The number of anilines is 1. The van der Waals surface area contributed by atoms with Gasteiger partial charge in [0.15, 0.2) is 0 Å². The Labute approximate surface area is 290 Å². The van der Waals surface area contributed by atoms with Crippen LogP contribution in [-0.2, 0) is 31.9 Å². The Morgan fingerprint density at radius 3 is 2.56 bits per heavy atom. The highest BCUT2D eigenvalue weighted by atomic mass is 35.5. The van der Waals surface area contributed by atoms with Crippen molar-refractivity contribution < 1.29 is 31.5 Å². The number of nitrogens with one attached hydrogen (secondary N) is 1. The fourth-order valence-electron chi connectivity index (χ4n) is 8.39. The Kier molecular flexibility index (Phi) is 9.65. The number of aliphatic hydroxyl groups is 1. The van der Waals surface area contributed by atoms with Gasteiger partial charge in [0.1, 0.15) is 5.75 Å². The molecule has 4 aliphatic rings. The fraction of sp³-hybridized carbons (Fsp3) is 0.629. The molecule has 2 aromatic carbocycles. The summed E-state index contributed by atoms with van der Waals surface area (Å²) in [7, 11) is -4.82. The fourth-order valence-corrected chi connectivity index (χ4v) is 11.1. The number of hydrogen-bond donors (Lipinski definition) is 2. The lowest BCUT2D eigenvalue weighted by molar-refractivity contribution is -0.0723. The van der Waals surface area contributed by atoms with E-state index in [1.165, 1.54) is 25.2 Å². The first kappa shape index (κ1) is 35.4. The van der Waals surface area contributed by atoms with Crippen molar-refractivity contribution in [3.63, 3.8) is 0 Å². The van der Waals surface area contributed by atoms with Gasteiger partial charge >= 0.3 is 0 Å². The smallest absolute Gasteiger partial charge is 0.264 e. The molecule has 1 amide bonds. The van der Waals surface area contributed by atoms with Gasteiger partial charge < -0.3 is 14.7 Å². The summed E-state index contributed by atoms with van der Waals surface area (Å²) < 4.78 is 63.3. The van der Waals surface area contributed by atoms with Crippen LogP contribution in [0.1, 0.15) is 80.3 Å². The monoisotopic (exact) mass is 721 g/mol. The lowest BCUT2D eigenvalue weighted by Gasteiger charge is -2.50. The summed E-state index contributed by atoms with van der Waals surface area (Å²) >= 11 is 6.42. The summed E-state index contributed by atoms with van der Waals surface area (Å²) in [6.07, 6.45) is 5.39.